The number of carbonyl (C=O) groups excluding carboxylic acids is 2. The van der Waals surface area contributed by atoms with Gasteiger partial charge in [-0.2, -0.15) is 0 Å². The molecule has 1 N–H and O–H groups in total. The molecule has 43 heavy (non-hydrogen) atoms. The van der Waals surface area contributed by atoms with Crippen LogP contribution in [0.3, 0.4) is 0 Å². The maximum absolute atomic E-state index is 14.0. The average molecular weight is 581 g/mol. The third-order valence-electron chi connectivity index (χ3n) is 8.93. The molecule has 2 saturated heterocycles. The number of nitrogens with zero attached hydrogens (tertiary/aromatic N) is 3. The highest BCUT2D eigenvalue weighted by Crippen LogP contribution is 2.34. The van der Waals surface area contributed by atoms with Crippen LogP contribution in [0.1, 0.15) is 45.1 Å². The van der Waals surface area contributed by atoms with E-state index in [4.69, 9.17) is 4.74 Å². The first-order chi connectivity index (χ1) is 20.9. The van der Waals surface area contributed by atoms with E-state index in [1.54, 1.807) is 0 Å². The first kappa shape index (κ1) is 29.2. The van der Waals surface area contributed by atoms with Crippen LogP contribution in [0.25, 0.3) is 11.1 Å². The molecule has 2 aliphatic heterocycles. The van der Waals surface area contributed by atoms with E-state index in [1.807, 2.05) is 43.0 Å². The van der Waals surface area contributed by atoms with Crippen molar-refractivity contribution in [2.24, 2.45) is 5.92 Å². The number of carbonyl (C=O) groups is 2. The molecule has 0 aromatic heterocycles. The maximum atomic E-state index is 14.0. The Bertz CT molecular complexity index is 1400. The smallest absolute Gasteiger partial charge is 0.266 e. The zero-order valence-corrected chi connectivity index (χ0v) is 25.5. The van der Waals surface area contributed by atoms with Crippen LogP contribution in [0, 0.1) is 5.92 Å². The normalized spacial score (nSPS) is 19.2. The number of hydrogen-bond donors (Lipinski definition) is 1. The molecule has 3 aliphatic rings. The van der Waals surface area contributed by atoms with Crippen molar-refractivity contribution in [3.8, 4) is 16.9 Å². The summed E-state index contributed by atoms with van der Waals surface area (Å²) in [4.78, 5) is 33.5. The van der Waals surface area contributed by atoms with Crippen molar-refractivity contribution in [3.63, 3.8) is 0 Å². The molecular formula is C36H44N4O3. The molecule has 1 atom stereocenters. The molecule has 7 nitrogen and oxygen atoms in total. The van der Waals surface area contributed by atoms with Crippen LogP contribution in [-0.2, 0) is 16.1 Å². The van der Waals surface area contributed by atoms with Crippen LogP contribution in [0.15, 0.2) is 78.9 Å². The predicted molar refractivity (Wildman–Crippen MR) is 171 cm³/mol. The lowest BCUT2D eigenvalue weighted by Gasteiger charge is -2.37. The first-order valence-corrected chi connectivity index (χ1v) is 15.9. The lowest BCUT2D eigenvalue weighted by molar-refractivity contribution is -0.146. The van der Waals surface area contributed by atoms with Gasteiger partial charge in [-0.15, -0.1) is 0 Å². The summed E-state index contributed by atoms with van der Waals surface area (Å²) in [6.07, 6.45) is 4.06. The van der Waals surface area contributed by atoms with Crippen LogP contribution < -0.4 is 15.0 Å². The molecule has 2 amide bonds. The van der Waals surface area contributed by atoms with Gasteiger partial charge in [0.1, 0.15) is 5.75 Å². The summed E-state index contributed by atoms with van der Waals surface area (Å²) in [5.41, 5.74) is 3.65. The predicted octanol–water partition coefficient (Wildman–Crippen LogP) is 5.35. The number of hydrogen-bond acceptors (Lipinski definition) is 5. The summed E-state index contributed by atoms with van der Waals surface area (Å²) < 4.78 is 6.29. The summed E-state index contributed by atoms with van der Waals surface area (Å²) in [6, 6.07) is 27.4. The van der Waals surface area contributed by atoms with Crippen molar-refractivity contribution in [2.75, 3.05) is 44.2 Å². The number of nitrogens with one attached hydrogen (secondary N) is 1. The number of anilines is 1. The fourth-order valence-corrected chi connectivity index (χ4v) is 6.38. The van der Waals surface area contributed by atoms with Crippen LogP contribution in [0.5, 0.6) is 5.75 Å². The highest BCUT2D eigenvalue weighted by Gasteiger charge is 2.38. The molecule has 6 rings (SSSR count). The van der Waals surface area contributed by atoms with Gasteiger partial charge < -0.3 is 24.8 Å². The van der Waals surface area contributed by atoms with Gasteiger partial charge in [0, 0.05) is 63.6 Å². The summed E-state index contributed by atoms with van der Waals surface area (Å²) in [5.74, 6) is 0.929. The van der Waals surface area contributed by atoms with Gasteiger partial charge in [0.15, 0.2) is 5.60 Å². The van der Waals surface area contributed by atoms with Gasteiger partial charge >= 0.3 is 0 Å². The number of ether oxygens (including phenoxy) is 1. The van der Waals surface area contributed by atoms with Crippen LogP contribution in [0.2, 0.25) is 0 Å². The lowest BCUT2D eigenvalue weighted by Crippen LogP contribution is -2.54. The number of piperazine rings is 1. The minimum absolute atomic E-state index is 0.0120. The van der Waals surface area contributed by atoms with Gasteiger partial charge in [-0.25, -0.2) is 0 Å². The van der Waals surface area contributed by atoms with Crippen LogP contribution in [0.4, 0.5) is 5.69 Å². The monoisotopic (exact) mass is 580 g/mol. The fourth-order valence-electron chi connectivity index (χ4n) is 6.38. The number of amides is 2. The van der Waals surface area contributed by atoms with Gasteiger partial charge in [0.2, 0.25) is 5.91 Å². The maximum Gasteiger partial charge on any atom is 0.266 e. The highest BCUT2D eigenvalue weighted by molar-refractivity contribution is 5.85. The second-order valence-corrected chi connectivity index (χ2v) is 12.7. The molecule has 3 aromatic carbocycles. The SMILES string of the molecule is CC(C)(Oc1cccc(N2CCC[C@@H](C(=O)N(Cc3ccc(-c4ccccc4)cc3)C3CC3)C2)c1)C(=O)N1CCNCC1. The van der Waals surface area contributed by atoms with Gasteiger partial charge in [0.25, 0.3) is 5.91 Å². The van der Waals surface area contributed by atoms with E-state index in [0.29, 0.717) is 38.0 Å². The largest absolute Gasteiger partial charge is 0.478 e. The Morgan fingerprint density at radius 2 is 1.60 bits per heavy atom. The molecule has 1 saturated carbocycles. The molecule has 3 fully saturated rings. The number of piperidine rings is 1. The van der Waals surface area contributed by atoms with Crippen molar-refractivity contribution < 1.29 is 14.3 Å². The number of rotatable bonds is 9. The lowest BCUT2D eigenvalue weighted by atomic mass is 9.95. The first-order valence-electron chi connectivity index (χ1n) is 15.9. The molecule has 0 unspecified atom stereocenters. The van der Waals surface area contributed by atoms with E-state index in [0.717, 1.165) is 51.0 Å². The molecule has 226 valence electrons. The molecule has 0 spiro atoms. The van der Waals surface area contributed by atoms with E-state index in [9.17, 15) is 9.59 Å². The Morgan fingerprint density at radius 1 is 0.884 bits per heavy atom. The molecule has 7 heteroatoms. The minimum Gasteiger partial charge on any atom is -0.478 e. The van der Waals surface area contributed by atoms with E-state index in [-0.39, 0.29) is 17.7 Å². The van der Waals surface area contributed by atoms with Gasteiger partial charge in [0.05, 0.1) is 5.92 Å². The minimum atomic E-state index is -0.958. The zero-order chi connectivity index (χ0) is 29.8. The highest BCUT2D eigenvalue weighted by atomic mass is 16.5. The Morgan fingerprint density at radius 3 is 2.33 bits per heavy atom. The quantitative estimate of drug-likeness (QED) is 0.370. The van der Waals surface area contributed by atoms with E-state index in [1.165, 1.54) is 16.7 Å². The van der Waals surface area contributed by atoms with Gasteiger partial charge in [-0.1, -0.05) is 60.7 Å². The molecule has 0 bridgehead atoms. The molecule has 3 aromatic rings. The molecule has 0 radical (unpaired) electrons. The summed E-state index contributed by atoms with van der Waals surface area (Å²) in [6.45, 7) is 8.98. The van der Waals surface area contributed by atoms with Crippen molar-refractivity contribution in [3.05, 3.63) is 84.4 Å². The van der Waals surface area contributed by atoms with E-state index in [2.05, 4.69) is 69.7 Å². The second kappa shape index (κ2) is 12.8. The summed E-state index contributed by atoms with van der Waals surface area (Å²) in [5, 5.41) is 3.29. The standard InChI is InChI=1S/C36H44N4O3/c1-36(2,35(42)38-22-19-37-20-23-38)43-33-12-6-11-32(24-33)39-21-7-10-30(26-39)34(41)40(31-17-18-31)25-27-13-15-29(16-14-27)28-8-4-3-5-9-28/h3-6,8-9,11-16,24,30-31,37H,7,10,17-23,25-26H2,1-2H3/t30-/m1/s1. The fraction of sp³-hybridized carbons (Fsp3) is 0.444. The Kier molecular flexibility index (Phi) is 8.70. The topological polar surface area (TPSA) is 65.1 Å². The second-order valence-electron chi connectivity index (χ2n) is 12.7. The van der Waals surface area contributed by atoms with Gasteiger partial charge in [-0.05, 0) is 68.4 Å². The average Bonchev–Trinajstić information content (AvgIpc) is 3.90. The molecule has 2 heterocycles. The zero-order valence-electron chi connectivity index (χ0n) is 25.5. The van der Waals surface area contributed by atoms with Gasteiger partial charge in [-0.3, -0.25) is 9.59 Å². The third kappa shape index (κ3) is 7.04. The Labute approximate surface area is 255 Å². The Balaban J connectivity index is 1.10. The van der Waals surface area contributed by atoms with E-state index < -0.39 is 5.60 Å². The van der Waals surface area contributed by atoms with Crippen molar-refractivity contribution in [1.29, 1.82) is 0 Å². The third-order valence-corrected chi connectivity index (χ3v) is 8.93. The molecule has 1 aliphatic carbocycles. The van der Waals surface area contributed by atoms with Crippen molar-refractivity contribution in [1.82, 2.24) is 15.1 Å². The Hall–Kier alpha value is -3.84. The summed E-state index contributed by atoms with van der Waals surface area (Å²) in [7, 11) is 0. The molecular weight excluding hydrogens is 536 g/mol. The van der Waals surface area contributed by atoms with Crippen molar-refractivity contribution >= 4 is 17.5 Å². The summed E-state index contributed by atoms with van der Waals surface area (Å²) >= 11 is 0. The van der Waals surface area contributed by atoms with Crippen LogP contribution in [-0.4, -0.2) is 72.5 Å². The number of benzene rings is 3. The van der Waals surface area contributed by atoms with Crippen LogP contribution >= 0.6 is 0 Å². The van der Waals surface area contributed by atoms with Crippen molar-refractivity contribution in [2.45, 2.75) is 57.7 Å². The van der Waals surface area contributed by atoms with E-state index >= 15 is 0 Å².